The summed E-state index contributed by atoms with van der Waals surface area (Å²) in [7, 11) is -2.58. The molecule has 2 rings (SSSR count). The number of benzene rings is 2. The van der Waals surface area contributed by atoms with E-state index in [9.17, 15) is 22.4 Å². The number of para-hydroxylation sites is 1. The van der Waals surface area contributed by atoms with E-state index in [0.29, 0.717) is 5.69 Å². The Balaban J connectivity index is 1.88. The maximum absolute atomic E-state index is 13.4. The molecule has 0 bridgehead atoms. The fraction of sp³-hybridized carbons (Fsp3) is 0.222. The molecule has 0 atom stereocenters. The number of rotatable bonds is 9. The third kappa shape index (κ3) is 6.32. The molecule has 8 nitrogen and oxygen atoms in total. The van der Waals surface area contributed by atoms with Crippen molar-refractivity contribution in [2.75, 3.05) is 25.6 Å². The molecule has 0 saturated carbocycles. The number of esters is 1. The molecule has 0 heterocycles. The molecule has 0 aromatic heterocycles. The van der Waals surface area contributed by atoms with Crippen LogP contribution in [0.1, 0.15) is 6.42 Å². The number of halogens is 1. The van der Waals surface area contributed by atoms with E-state index in [1.165, 1.54) is 49.6 Å². The highest BCUT2D eigenvalue weighted by molar-refractivity contribution is 7.89. The monoisotopic (exact) mass is 410 g/mol. The Morgan fingerprint density at radius 3 is 2.39 bits per heavy atom. The van der Waals surface area contributed by atoms with Crippen molar-refractivity contribution < 1.29 is 31.9 Å². The van der Waals surface area contributed by atoms with E-state index >= 15 is 0 Å². The highest BCUT2D eigenvalue weighted by atomic mass is 32.2. The first-order valence-corrected chi connectivity index (χ1v) is 9.64. The molecule has 2 N–H and O–H groups in total. The first kappa shape index (κ1) is 21.3. The van der Waals surface area contributed by atoms with Gasteiger partial charge < -0.3 is 14.8 Å². The van der Waals surface area contributed by atoms with Gasteiger partial charge in [0, 0.05) is 12.2 Å². The van der Waals surface area contributed by atoms with E-state index in [2.05, 4.69) is 14.8 Å². The van der Waals surface area contributed by atoms with E-state index in [4.69, 9.17) is 4.74 Å². The number of sulfonamides is 1. The van der Waals surface area contributed by atoms with Gasteiger partial charge in [-0.05, 0) is 36.4 Å². The van der Waals surface area contributed by atoms with E-state index in [0.717, 1.165) is 0 Å². The van der Waals surface area contributed by atoms with Crippen molar-refractivity contribution in [3.05, 3.63) is 54.3 Å². The van der Waals surface area contributed by atoms with Crippen molar-refractivity contribution in [3.8, 4) is 5.75 Å². The summed E-state index contributed by atoms with van der Waals surface area (Å²) in [6.45, 7) is -0.503. The standard InChI is InChI=1S/C18H19FN2O6S/c1-26-18(23)10-11-20-28(24,25)14-8-6-13(7-9-14)21-17(22)12-27-16-5-3-2-4-15(16)19/h2-9,20H,10-12H2,1H3,(H,21,22). The highest BCUT2D eigenvalue weighted by Crippen LogP contribution is 2.16. The number of amides is 1. The Bertz CT molecular complexity index is 931. The summed E-state index contributed by atoms with van der Waals surface area (Å²) < 4.78 is 49.5. The Labute approximate surface area is 161 Å². The van der Waals surface area contributed by atoms with Crippen LogP contribution in [0.4, 0.5) is 10.1 Å². The molecule has 0 aliphatic rings. The van der Waals surface area contributed by atoms with Crippen molar-refractivity contribution in [1.29, 1.82) is 0 Å². The molecule has 0 fully saturated rings. The third-order valence-corrected chi connectivity index (χ3v) is 4.97. The summed E-state index contributed by atoms with van der Waals surface area (Å²) in [6.07, 6.45) is -0.0914. The van der Waals surface area contributed by atoms with E-state index in [-0.39, 0.29) is 23.6 Å². The minimum Gasteiger partial charge on any atom is -0.481 e. The quantitative estimate of drug-likeness (QED) is 0.609. The Morgan fingerprint density at radius 2 is 1.75 bits per heavy atom. The molecule has 0 unspecified atom stereocenters. The Hall–Kier alpha value is -2.98. The number of carbonyl (C=O) groups is 2. The van der Waals surface area contributed by atoms with Crippen LogP contribution in [0.15, 0.2) is 53.4 Å². The second-order valence-corrected chi connectivity index (χ2v) is 7.28. The molecule has 150 valence electrons. The van der Waals surface area contributed by atoms with Gasteiger partial charge in [0.2, 0.25) is 10.0 Å². The topological polar surface area (TPSA) is 111 Å². The Kier molecular flexibility index (Phi) is 7.47. The highest BCUT2D eigenvalue weighted by Gasteiger charge is 2.14. The Morgan fingerprint density at radius 1 is 1.07 bits per heavy atom. The zero-order valence-corrected chi connectivity index (χ0v) is 15.8. The summed E-state index contributed by atoms with van der Waals surface area (Å²) in [4.78, 5) is 22.9. The molecule has 0 saturated heterocycles. The minimum absolute atomic E-state index is 0.0297. The van der Waals surface area contributed by atoms with Crippen LogP contribution in [0.2, 0.25) is 0 Å². The van der Waals surface area contributed by atoms with Crippen molar-refractivity contribution >= 4 is 27.6 Å². The summed E-state index contributed by atoms with van der Waals surface area (Å²) in [5.41, 5.74) is 0.343. The number of anilines is 1. The summed E-state index contributed by atoms with van der Waals surface area (Å²) in [5, 5.41) is 2.51. The lowest BCUT2D eigenvalue weighted by Crippen LogP contribution is -2.26. The lowest BCUT2D eigenvalue weighted by molar-refractivity contribution is -0.140. The zero-order chi connectivity index (χ0) is 20.6. The third-order valence-electron chi connectivity index (χ3n) is 3.49. The van der Waals surface area contributed by atoms with E-state index < -0.39 is 34.3 Å². The van der Waals surface area contributed by atoms with E-state index in [1.54, 1.807) is 6.07 Å². The second kappa shape index (κ2) is 9.81. The van der Waals surface area contributed by atoms with Crippen LogP contribution in [-0.4, -0.2) is 40.6 Å². The molecule has 1 amide bonds. The van der Waals surface area contributed by atoms with Gasteiger partial charge in [0.05, 0.1) is 18.4 Å². The van der Waals surface area contributed by atoms with Crippen molar-refractivity contribution in [2.24, 2.45) is 0 Å². The van der Waals surface area contributed by atoms with Crippen LogP contribution in [-0.2, 0) is 24.3 Å². The molecule has 0 radical (unpaired) electrons. The van der Waals surface area contributed by atoms with Crippen molar-refractivity contribution in [3.63, 3.8) is 0 Å². The van der Waals surface area contributed by atoms with Crippen LogP contribution in [0.5, 0.6) is 5.75 Å². The number of ether oxygens (including phenoxy) is 2. The summed E-state index contributed by atoms with van der Waals surface area (Å²) in [6, 6.07) is 11.1. The van der Waals surface area contributed by atoms with Gasteiger partial charge in [0.1, 0.15) is 0 Å². The lowest BCUT2D eigenvalue weighted by Gasteiger charge is -2.09. The van der Waals surface area contributed by atoms with Gasteiger partial charge in [-0.2, -0.15) is 0 Å². The number of hydrogen-bond donors (Lipinski definition) is 2. The summed E-state index contributed by atoms with van der Waals surface area (Å²) >= 11 is 0. The maximum atomic E-state index is 13.4. The van der Waals surface area contributed by atoms with Gasteiger partial charge in [-0.15, -0.1) is 0 Å². The first-order valence-electron chi connectivity index (χ1n) is 8.15. The normalized spacial score (nSPS) is 10.9. The SMILES string of the molecule is COC(=O)CCNS(=O)(=O)c1ccc(NC(=O)COc2ccccc2F)cc1. The molecule has 2 aromatic rings. The number of methoxy groups -OCH3 is 1. The van der Waals surface area contributed by atoms with Crippen molar-refractivity contribution in [1.82, 2.24) is 4.72 Å². The number of carbonyl (C=O) groups excluding carboxylic acids is 2. The molecule has 0 spiro atoms. The van der Waals surface area contributed by atoms with Crippen LogP contribution >= 0.6 is 0 Å². The molecule has 0 aliphatic heterocycles. The van der Waals surface area contributed by atoms with Crippen molar-refractivity contribution in [2.45, 2.75) is 11.3 Å². The smallest absolute Gasteiger partial charge is 0.306 e. The molecular weight excluding hydrogens is 391 g/mol. The average Bonchev–Trinajstić information content (AvgIpc) is 2.67. The first-order chi connectivity index (χ1) is 13.3. The fourth-order valence-electron chi connectivity index (χ4n) is 2.09. The van der Waals surface area contributed by atoms with Crippen LogP contribution in [0, 0.1) is 5.82 Å². The lowest BCUT2D eigenvalue weighted by atomic mass is 10.3. The number of nitrogens with one attached hydrogen (secondary N) is 2. The molecule has 2 aromatic carbocycles. The molecule has 10 heteroatoms. The van der Waals surface area contributed by atoms with Gasteiger partial charge in [-0.25, -0.2) is 17.5 Å². The maximum Gasteiger partial charge on any atom is 0.306 e. The summed E-state index contributed by atoms with van der Waals surface area (Å²) in [5.74, 6) is -1.69. The predicted molar refractivity (Wildman–Crippen MR) is 98.8 cm³/mol. The molecule has 0 aliphatic carbocycles. The zero-order valence-electron chi connectivity index (χ0n) is 15.0. The molecule has 28 heavy (non-hydrogen) atoms. The van der Waals surface area contributed by atoms with Gasteiger partial charge in [-0.1, -0.05) is 12.1 Å². The largest absolute Gasteiger partial charge is 0.481 e. The average molecular weight is 410 g/mol. The predicted octanol–water partition coefficient (Wildman–Crippen LogP) is 1.68. The molecular formula is C18H19FN2O6S. The second-order valence-electron chi connectivity index (χ2n) is 5.52. The number of hydrogen-bond acceptors (Lipinski definition) is 6. The minimum atomic E-state index is -3.80. The van der Waals surface area contributed by atoms with Gasteiger partial charge in [0.15, 0.2) is 18.2 Å². The van der Waals surface area contributed by atoms with Crippen LogP contribution < -0.4 is 14.8 Å². The van der Waals surface area contributed by atoms with Gasteiger partial charge in [-0.3, -0.25) is 9.59 Å². The van der Waals surface area contributed by atoms with Crippen LogP contribution in [0.3, 0.4) is 0 Å². The van der Waals surface area contributed by atoms with Crippen LogP contribution in [0.25, 0.3) is 0 Å². The van der Waals surface area contributed by atoms with Gasteiger partial charge in [0.25, 0.3) is 5.91 Å². The fourth-order valence-corrected chi connectivity index (χ4v) is 3.12. The van der Waals surface area contributed by atoms with E-state index in [1.807, 2.05) is 0 Å². The van der Waals surface area contributed by atoms with Gasteiger partial charge >= 0.3 is 5.97 Å².